The molecule has 1 unspecified atom stereocenters. The average molecular weight is 231 g/mol. The summed E-state index contributed by atoms with van der Waals surface area (Å²) in [5.74, 6) is 0. The van der Waals surface area contributed by atoms with Crippen molar-refractivity contribution in [1.29, 1.82) is 0 Å². The molecule has 1 heterocycles. The fourth-order valence-electron chi connectivity index (χ4n) is 2.26. The van der Waals surface area contributed by atoms with E-state index in [1.807, 2.05) is 7.05 Å². The van der Waals surface area contributed by atoms with Gasteiger partial charge >= 0.3 is 0 Å². The van der Waals surface area contributed by atoms with Gasteiger partial charge in [-0.3, -0.25) is 4.90 Å². The van der Waals surface area contributed by atoms with Gasteiger partial charge in [0, 0.05) is 24.1 Å². The lowest BCUT2D eigenvalue weighted by molar-refractivity contribution is 0.282. The summed E-state index contributed by atoms with van der Waals surface area (Å²) in [6.45, 7) is 7.36. The summed E-state index contributed by atoms with van der Waals surface area (Å²) >= 11 is 0. The van der Waals surface area contributed by atoms with Crippen molar-refractivity contribution in [3.8, 4) is 0 Å². The Labute approximate surface area is 104 Å². The van der Waals surface area contributed by atoms with Gasteiger partial charge < -0.3 is 10.6 Å². The first-order chi connectivity index (χ1) is 8.15. The third-order valence-electron chi connectivity index (χ3n) is 3.54. The predicted molar refractivity (Wildman–Crippen MR) is 74.5 cm³/mol. The van der Waals surface area contributed by atoms with Gasteiger partial charge in [0.15, 0.2) is 0 Å². The molecule has 17 heavy (non-hydrogen) atoms. The van der Waals surface area contributed by atoms with Crippen molar-refractivity contribution in [2.45, 2.75) is 19.4 Å². The van der Waals surface area contributed by atoms with Crippen molar-refractivity contribution in [3.05, 3.63) is 36.0 Å². The van der Waals surface area contributed by atoms with Crippen LogP contribution >= 0.6 is 0 Å². The maximum absolute atomic E-state index is 4.15. The van der Waals surface area contributed by atoms with E-state index >= 15 is 0 Å². The Morgan fingerprint density at radius 3 is 2.94 bits per heavy atom. The molecule has 2 rings (SSSR count). The molecule has 3 heteroatoms. The van der Waals surface area contributed by atoms with Gasteiger partial charge in [-0.2, -0.15) is 0 Å². The molecule has 2 N–H and O–H groups in total. The summed E-state index contributed by atoms with van der Waals surface area (Å²) in [5, 5.41) is 6.58. The molecule has 0 aliphatic carbocycles. The van der Waals surface area contributed by atoms with Crippen LogP contribution in [0.5, 0.6) is 0 Å². The molecule has 1 aromatic carbocycles. The van der Waals surface area contributed by atoms with Gasteiger partial charge in [0.2, 0.25) is 0 Å². The van der Waals surface area contributed by atoms with Gasteiger partial charge in [-0.25, -0.2) is 0 Å². The van der Waals surface area contributed by atoms with Gasteiger partial charge in [0.1, 0.15) is 0 Å². The number of fused-ring (bicyclic) bond motifs is 1. The van der Waals surface area contributed by atoms with Gasteiger partial charge in [-0.05, 0) is 37.7 Å². The Morgan fingerprint density at radius 2 is 2.29 bits per heavy atom. The molecule has 0 aromatic heterocycles. The normalized spacial score (nSPS) is 18.8. The van der Waals surface area contributed by atoms with Gasteiger partial charge in [-0.1, -0.05) is 19.6 Å². The van der Waals surface area contributed by atoms with Crippen LogP contribution in [-0.2, 0) is 6.42 Å². The van der Waals surface area contributed by atoms with E-state index in [1.54, 1.807) is 0 Å². The van der Waals surface area contributed by atoms with Crippen molar-refractivity contribution < 1.29 is 0 Å². The quantitative estimate of drug-likeness (QED) is 0.837. The lowest BCUT2D eigenvalue weighted by Gasteiger charge is -2.34. The van der Waals surface area contributed by atoms with Gasteiger partial charge in [-0.15, -0.1) is 0 Å². The molecular formula is C14H21N3. The Balaban J connectivity index is 2.27. The van der Waals surface area contributed by atoms with Crippen LogP contribution in [0.3, 0.4) is 0 Å². The molecule has 0 spiro atoms. The Hall–Kier alpha value is -1.48. The van der Waals surface area contributed by atoms with Crippen molar-refractivity contribution in [3.63, 3.8) is 0 Å². The summed E-state index contributed by atoms with van der Waals surface area (Å²) in [6, 6.07) is 6.85. The first-order valence-electron chi connectivity index (χ1n) is 6.12. The SMILES string of the molecule is C=C1Nc2cc(NC)ccc2CC1N(C)CC. The number of anilines is 2. The Morgan fingerprint density at radius 1 is 1.53 bits per heavy atom. The lowest BCUT2D eigenvalue weighted by atomic mass is 9.96. The summed E-state index contributed by atoms with van der Waals surface area (Å²) < 4.78 is 0. The van der Waals surface area contributed by atoms with E-state index in [2.05, 4.69) is 54.3 Å². The van der Waals surface area contributed by atoms with E-state index in [9.17, 15) is 0 Å². The predicted octanol–water partition coefficient (Wildman–Crippen LogP) is 2.53. The highest BCUT2D eigenvalue weighted by Gasteiger charge is 2.24. The number of likely N-dealkylation sites (N-methyl/N-ethyl adjacent to an activating group) is 1. The van der Waals surface area contributed by atoms with Crippen molar-refractivity contribution >= 4 is 11.4 Å². The molecule has 0 bridgehead atoms. The van der Waals surface area contributed by atoms with Crippen molar-refractivity contribution in [2.24, 2.45) is 0 Å². The molecule has 0 saturated carbocycles. The van der Waals surface area contributed by atoms with Crippen LogP contribution in [0.4, 0.5) is 11.4 Å². The highest BCUT2D eigenvalue weighted by atomic mass is 15.2. The minimum absolute atomic E-state index is 0.396. The number of nitrogens with one attached hydrogen (secondary N) is 2. The second kappa shape index (κ2) is 4.80. The van der Waals surface area contributed by atoms with E-state index in [0.29, 0.717) is 6.04 Å². The fraction of sp³-hybridized carbons (Fsp3) is 0.429. The van der Waals surface area contributed by atoms with E-state index < -0.39 is 0 Å². The van der Waals surface area contributed by atoms with Gasteiger partial charge in [0.05, 0.1) is 6.04 Å². The molecule has 1 aliphatic rings. The third-order valence-corrected chi connectivity index (χ3v) is 3.54. The van der Waals surface area contributed by atoms with Crippen LogP contribution in [0.15, 0.2) is 30.5 Å². The number of hydrogen-bond donors (Lipinski definition) is 2. The molecule has 0 saturated heterocycles. The Bertz CT molecular complexity index is 425. The number of nitrogens with zero attached hydrogens (tertiary/aromatic N) is 1. The van der Waals surface area contributed by atoms with Crippen molar-refractivity contribution in [2.75, 3.05) is 31.3 Å². The molecule has 1 atom stereocenters. The van der Waals surface area contributed by atoms with Crippen LogP contribution < -0.4 is 10.6 Å². The zero-order valence-corrected chi connectivity index (χ0v) is 10.9. The molecule has 1 aliphatic heterocycles. The zero-order chi connectivity index (χ0) is 12.4. The fourth-order valence-corrected chi connectivity index (χ4v) is 2.26. The second-order valence-electron chi connectivity index (χ2n) is 4.57. The first kappa shape index (κ1) is 12.0. The molecule has 0 fully saturated rings. The molecule has 0 amide bonds. The van der Waals surface area contributed by atoms with E-state index in [4.69, 9.17) is 0 Å². The molecular weight excluding hydrogens is 210 g/mol. The second-order valence-corrected chi connectivity index (χ2v) is 4.57. The number of hydrogen-bond acceptors (Lipinski definition) is 3. The average Bonchev–Trinajstić information content (AvgIpc) is 2.36. The smallest absolute Gasteiger partial charge is 0.0530 e. The largest absolute Gasteiger partial charge is 0.388 e. The summed E-state index contributed by atoms with van der Waals surface area (Å²) in [5.41, 5.74) is 4.77. The Kier molecular flexibility index (Phi) is 3.38. The topological polar surface area (TPSA) is 27.3 Å². The standard InChI is InChI=1S/C14H21N3/c1-5-17(4)14-8-11-6-7-12(15-3)9-13(11)16-10(14)2/h6-7,9,14-16H,2,5,8H2,1,3-4H3. The number of rotatable bonds is 3. The third kappa shape index (κ3) is 2.29. The highest BCUT2D eigenvalue weighted by molar-refractivity contribution is 5.65. The summed E-state index contributed by atoms with van der Waals surface area (Å²) in [6.07, 6.45) is 1.04. The van der Waals surface area contributed by atoms with Crippen molar-refractivity contribution in [1.82, 2.24) is 4.90 Å². The number of benzene rings is 1. The molecule has 0 radical (unpaired) electrons. The van der Waals surface area contributed by atoms with Crippen LogP contribution in [-0.4, -0.2) is 31.6 Å². The maximum Gasteiger partial charge on any atom is 0.0530 e. The maximum atomic E-state index is 4.15. The monoisotopic (exact) mass is 231 g/mol. The van der Waals surface area contributed by atoms with E-state index in [0.717, 1.165) is 24.4 Å². The summed E-state index contributed by atoms with van der Waals surface area (Å²) in [4.78, 5) is 2.32. The van der Waals surface area contributed by atoms with Crippen LogP contribution in [0.1, 0.15) is 12.5 Å². The van der Waals surface area contributed by atoms with Gasteiger partial charge in [0.25, 0.3) is 0 Å². The van der Waals surface area contributed by atoms with E-state index in [-0.39, 0.29) is 0 Å². The molecule has 3 nitrogen and oxygen atoms in total. The lowest BCUT2D eigenvalue weighted by Crippen LogP contribution is -2.39. The summed E-state index contributed by atoms with van der Waals surface area (Å²) in [7, 11) is 4.08. The first-order valence-corrected chi connectivity index (χ1v) is 6.12. The van der Waals surface area contributed by atoms with Crippen LogP contribution in [0.2, 0.25) is 0 Å². The van der Waals surface area contributed by atoms with Crippen LogP contribution in [0.25, 0.3) is 0 Å². The molecule has 92 valence electrons. The minimum atomic E-state index is 0.396. The molecule has 1 aromatic rings. The zero-order valence-electron chi connectivity index (χ0n) is 10.9. The minimum Gasteiger partial charge on any atom is -0.388 e. The van der Waals surface area contributed by atoms with Crippen LogP contribution in [0, 0.1) is 0 Å². The highest BCUT2D eigenvalue weighted by Crippen LogP contribution is 2.30. The van der Waals surface area contributed by atoms with E-state index in [1.165, 1.54) is 11.3 Å².